The van der Waals surface area contributed by atoms with Crippen molar-refractivity contribution in [1.29, 1.82) is 0 Å². The number of benzene rings is 3. The molecular formula is C26H22ClFN4OS. The summed E-state index contributed by atoms with van der Waals surface area (Å²) in [5.74, 6) is -0.373. The van der Waals surface area contributed by atoms with Crippen molar-refractivity contribution in [3.8, 4) is 11.3 Å². The number of thiophene rings is 1. The number of halogens is 2. The van der Waals surface area contributed by atoms with Gasteiger partial charge in [-0.15, -0.1) is 16.4 Å². The van der Waals surface area contributed by atoms with Crippen LogP contribution in [0.15, 0.2) is 66.9 Å². The van der Waals surface area contributed by atoms with Gasteiger partial charge in [-0.05, 0) is 42.0 Å². The number of fused-ring (bicyclic) bond motifs is 3. The average Bonchev–Trinajstić information content (AvgIpc) is 3.48. The first-order valence-corrected chi connectivity index (χ1v) is 12.4. The van der Waals surface area contributed by atoms with Gasteiger partial charge in [-0.3, -0.25) is 4.90 Å². The average molecular weight is 493 g/mol. The summed E-state index contributed by atoms with van der Waals surface area (Å²) < 4.78 is 23.6. The number of aromatic nitrogens is 3. The molecule has 2 aromatic heterocycles. The van der Waals surface area contributed by atoms with Crippen molar-refractivity contribution in [2.75, 3.05) is 32.8 Å². The topological polar surface area (TPSA) is 43.2 Å². The Morgan fingerprint density at radius 2 is 1.82 bits per heavy atom. The first-order chi connectivity index (χ1) is 16.7. The normalized spacial score (nSPS) is 15.8. The highest BCUT2D eigenvalue weighted by atomic mass is 35.5. The van der Waals surface area contributed by atoms with Gasteiger partial charge in [0.1, 0.15) is 11.5 Å². The van der Waals surface area contributed by atoms with Gasteiger partial charge in [0.05, 0.1) is 30.5 Å². The molecule has 3 heterocycles. The molecule has 1 fully saturated rings. The first kappa shape index (κ1) is 21.7. The fourth-order valence-corrected chi connectivity index (χ4v) is 5.92. The molecule has 34 heavy (non-hydrogen) atoms. The van der Waals surface area contributed by atoms with Crippen molar-refractivity contribution in [2.24, 2.45) is 0 Å². The van der Waals surface area contributed by atoms with Gasteiger partial charge in [-0.1, -0.05) is 41.1 Å². The Hall–Kier alpha value is -2.84. The molecule has 1 atom stereocenters. The summed E-state index contributed by atoms with van der Waals surface area (Å²) in [6.07, 6.45) is 1.90. The lowest BCUT2D eigenvalue weighted by Crippen LogP contribution is -2.40. The van der Waals surface area contributed by atoms with E-state index >= 15 is 0 Å². The van der Waals surface area contributed by atoms with Gasteiger partial charge >= 0.3 is 0 Å². The summed E-state index contributed by atoms with van der Waals surface area (Å²) in [5, 5.41) is 11.7. The molecule has 0 spiro atoms. The van der Waals surface area contributed by atoms with Crippen molar-refractivity contribution >= 4 is 43.1 Å². The molecule has 0 saturated carbocycles. The molecule has 0 aliphatic carbocycles. The lowest BCUT2D eigenvalue weighted by Gasteiger charge is -2.30. The van der Waals surface area contributed by atoms with Crippen LogP contribution in [0.25, 0.3) is 31.4 Å². The lowest BCUT2D eigenvalue weighted by molar-refractivity contribution is 0.0330. The maximum Gasteiger partial charge on any atom is 0.124 e. The fourth-order valence-electron chi connectivity index (χ4n) is 4.57. The summed E-state index contributed by atoms with van der Waals surface area (Å²) >= 11 is 8.11. The number of nitrogens with zero attached hydrogens (tertiary/aromatic N) is 4. The van der Waals surface area contributed by atoms with E-state index in [1.165, 1.54) is 37.9 Å². The Balaban J connectivity index is 1.42. The van der Waals surface area contributed by atoms with Gasteiger partial charge in [-0.25, -0.2) is 9.07 Å². The van der Waals surface area contributed by atoms with Crippen LogP contribution in [0.3, 0.4) is 0 Å². The standard InChI is InChI=1S/C26H22ClFN4OS/c27-22-14-18(28)6-7-20(22)23-15-32(30-29-23)24(16-31-9-11-33-12-10-31)17-5-8-26-21(13-17)19-3-1-2-4-25(19)34-26/h1-8,13-15,24H,9-12,16H2. The number of hydrogen-bond acceptors (Lipinski definition) is 5. The molecule has 3 aromatic carbocycles. The van der Waals surface area contributed by atoms with E-state index in [0.29, 0.717) is 16.3 Å². The number of hydrogen-bond donors (Lipinski definition) is 0. The summed E-state index contributed by atoms with van der Waals surface area (Å²) in [7, 11) is 0. The van der Waals surface area contributed by atoms with Gasteiger partial charge in [-0.2, -0.15) is 0 Å². The van der Waals surface area contributed by atoms with Gasteiger partial charge in [0.2, 0.25) is 0 Å². The minimum absolute atomic E-state index is 0.0402. The smallest absolute Gasteiger partial charge is 0.124 e. The third-order valence-corrected chi connectivity index (χ3v) is 7.82. The molecule has 1 aliphatic rings. The van der Waals surface area contributed by atoms with E-state index in [0.717, 1.165) is 32.8 Å². The second-order valence-corrected chi connectivity index (χ2v) is 9.98. The molecule has 0 N–H and O–H groups in total. The molecule has 1 unspecified atom stereocenters. The van der Waals surface area contributed by atoms with Crippen LogP contribution < -0.4 is 0 Å². The zero-order valence-corrected chi connectivity index (χ0v) is 19.9. The Morgan fingerprint density at radius 1 is 1.00 bits per heavy atom. The zero-order chi connectivity index (χ0) is 23.1. The minimum Gasteiger partial charge on any atom is -0.379 e. The maximum absolute atomic E-state index is 13.5. The summed E-state index contributed by atoms with van der Waals surface area (Å²) in [6, 6.07) is 19.5. The molecule has 5 nitrogen and oxygen atoms in total. The third-order valence-electron chi connectivity index (χ3n) is 6.36. The molecular weight excluding hydrogens is 471 g/mol. The van der Waals surface area contributed by atoms with E-state index in [2.05, 4.69) is 57.7 Å². The van der Waals surface area contributed by atoms with Crippen molar-refractivity contribution in [2.45, 2.75) is 6.04 Å². The van der Waals surface area contributed by atoms with Crippen LogP contribution in [-0.4, -0.2) is 52.7 Å². The van der Waals surface area contributed by atoms with Crippen LogP contribution in [-0.2, 0) is 4.74 Å². The molecule has 6 rings (SSSR count). The molecule has 0 amide bonds. The second kappa shape index (κ2) is 9.07. The van der Waals surface area contributed by atoms with E-state index < -0.39 is 0 Å². The Bertz CT molecular complexity index is 1480. The summed E-state index contributed by atoms with van der Waals surface area (Å²) in [5.41, 5.74) is 2.46. The van der Waals surface area contributed by atoms with Gasteiger partial charge in [0, 0.05) is 45.4 Å². The quantitative estimate of drug-likeness (QED) is 0.300. The highest BCUT2D eigenvalue weighted by Gasteiger charge is 2.23. The van der Waals surface area contributed by atoms with Gasteiger partial charge in [0.25, 0.3) is 0 Å². The largest absolute Gasteiger partial charge is 0.379 e. The minimum atomic E-state index is -0.373. The number of morpholine rings is 1. The lowest BCUT2D eigenvalue weighted by atomic mass is 10.0. The summed E-state index contributed by atoms with van der Waals surface area (Å²) in [6.45, 7) is 4.01. The molecule has 1 aliphatic heterocycles. The van der Waals surface area contributed by atoms with Gasteiger partial charge < -0.3 is 4.74 Å². The Labute approximate surface area is 205 Å². The zero-order valence-electron chi connectivity index (χ0n) is 18.3. The fraction of sp³-hybridized carbons (Fsp3) is 0.231. The molecule has 0 radical (unpaired) electrons. The highest BCUT2D eigenvalue weighted by molar-refractivity contribution is 7.25. The van der Waals surface area contributed by atoms with Crippen LogP contribution in [0.4, 0.5) is 4.39 Å². The predicted octanol–water partition coefficient (Wildman–Crippen LogP) is 6.03. The van der Waals surface area contributed by atoms with Gasteiger partial charge in [0.15, 0.2) is 0 Å². The molecule has 1 saturated heterocycles. The number of ether oxygens (including phenoxy) is 1. The highest BCUT2D eigenvalue weighted by Crippen LogP contribution is 2.36. The van der Waals surface area contributed by atoms with Crippen molar-refractivity contribution in [3.63, 3.8) is 0 Å². The molecule has 172 valence electrons. The Morgan fingerprint density at radius 3 is 2.68 bits per heavy atom. The van der Waals surface area contributed by atoms with Crippen LogP contribution in [0, 0.1) is 5.82 Å². The SMILES string of the molecule is Fc1ccc(-c2cn(C(CN3CCOCC3)c3ccc4sc5ccccc5c4c3)nn2)c(Cl)c1. The number of rotatable bonds is 5. The van der Waals surface area contributed by atoms with Crippen LogP contribution >= 0.6 is 22.9 Å². The third kappa shape index (κ3) is 4.09. The van der Waals surface area contributed by atoms with E-state index in [1.54, 1.807) is 6.07 Å². The predicted molar refractivity (Wildman–Crippen MR) is 135 cm³/mol. The van der Waals surface area contributed by atoms with Crippen molar-refractivity contribution < 1.29 is 9.13 Å². The van der Waals surface area contributed by atoms with E-state index in [1.807, 2.05) is 22.2 Å². The van der Waals surface area contributed by atoms with Crippen LogP contribution in [0.1, 0.15) is 11.6 Å². The van der Waals surface area contributed by atoms with Crippen LogP contribution in [0.5, 0.6) is 0 Å². The van der Waals surface area contributed by atoms with E-state index in [-0.39, 0.29) is 11.9 Å². The second-order valence-electron chi connectivity index (χ2n) is 8.49. The van der Waals surface area contributed by atoms with Crippen molar-refractivity contribution in [3.05, 3.63) is 83.3 Å². The van der Waals surface area contributed by atoms with Crippen molar-refractivity contribution in [1.82, 2.24) is 19.9 Å². The van der Waals surface area contributed by atoms with E-state index in [4.69, 9.17) is 16.3 Å². The van der Waals surface area contributed by atoms with E-state index in [9.17, 15) is 4.39 Å². The summed E-state index contributed by atoms with van der Waals surface area (Å²) in [4.78, 5) is 2.40. The molecule has 0 bridgehead atoms. The Kier molecular flexibility index (Phi) is 5.79. The monoisotopic (exact) mass is 492 g/mol. The first-order valence-electron chi connectivity index (χ1n) is 11.2. The van der Waals surface area contributed by atoms with Crippen LogP contribution in [0.2, 0.25) is 5.02 Å². The maximum atomic E-state index is 13.5. The molecule has 5 aromatic rings. The molecule has 8 heteroatoms.